The van der Waals surface area contributed by atoms with E-state index in [1.54, 1.807) is 12.0 Å². The molecule has 0 bridgehead atoms. The topological polar surface area (TPSA) is 38.8 Å². The van der Waals surface area contributed by atoms with E-state index in [-0.39, 0.29) is 11.5 Å². The predicted molar refractivity (Wildman–Crippen MR) is 107 cm³/mol. The van der Waals surface area contributed by atoms with Crippen molar-refractivity contribution in [3.05, 3.63) is 52.5 Å². The Hall–Kier alpha value is -2.20. The van der Waals surface area contributed by atoms with Crippen molar-refractivity contribution in [3.63, 3.8) is 0 Å². The summed E-state index contributed by atoms with van der Waals surface area (Å²) in [6.45, 7) is 6.93. The second-order valence-electron chi connectivity index (χ2n) is 8.51. The number of fused-ring (bicyclic) bond motifs is 4. The lowest BCUT2D eigenvalue weighted by Crippen LogP contribution is -2.63. The number of likely N-dealkylation sites (tertiary alicyclic amines) is 1. The average molecular weight is 386 g/mol. The van der Waals surface area contributed by atoms with Crippen LogP contribution in [0.2, 0.25) is 5.02 Å². The third-order valence-electron chi connectivity index (χ3n) is 5.32. The van der Waals surface area contributed by atoms with Crippen molar-refractivity contribution < 1.29 is 14.3 Å². The molecule has 1 fully saturated rings. The van der Waals surface area contributed by atoms with Crippen LogP contribution in [-0.2, 0) is 16.6 Å². The zero-order valence-electron chi connectivity index (χ0n) is 16.1. The number of halogens is 1. The van der Waals surface area contributed by atoms with Crippen LogP contribution in [0.25, 0.3) is 11.1 Å². The molecule has 4 nitrogen and oxygen atoms in total. The number of carbonyl (C=O) groups is 1. The first-order valence-electron chi connectivity index (χ1n) is 9.16. The minimum absolute atomic E-state index is 0.127. The second-order valence-corrected chi connectivity index (χ2v) is 8.94. The number of amides is 1. The standard InChI is InChI=1S/C22H24ClNO3/c1-21(2,3)27-20(25)24-12-22(13-24)11-14-9-15(23)5-7-17(14)18-8-6-16(26-4)10-19(18)22/h5-10H,11-13H2,1-4H3. The molecule has 0 unspecified atom stereocenters. The molecule has 142 valence electrons. The summed E-state index contributed by atoms with van der Waals surface area (Å²) in [5.74, 6) is 0.834. The molecule has 1 saturated heterocycles. The monoisotopic (exact) mass is 385 g/mol. The van der Waals surface area contributed by atoms with Crippen molar-refractivity contribution >= 4 is 17.7 Å². The predicted octanol–water partition coefficient (Wildman–Crippen LogP) is 5.06. The van der Waals surface area contributed by atoms with Crippen LogP contribution in [0.15, 0.2) is 36.4 Å². The minimum Gasteiger partial charge on any atom is -0.497 e. The van der Waals surface area contributed by atoms with E-state index >= 15 is 0 Å². The quantitative estimate of drug-likeness (QED) is 0.688. The molecule has 2 aliphatic rings. The minimum atomic E-state index is -0.492. The highest BCUT2D eigenvalue weighted by atomic mass is 35.5. The van der Waals surface area contributed by atoms with Crippen molar-refractivity contribution in [2.75, 3.05) is 20.2 Å². The Labute approximate surface area is 165 Å². The first-order chi connectivity index (χ1) is 12.7. The maximum absolute atomic E-state index is 12.5. The molecule has 4 rings (SSSR count). The van der Waals surface area contributed by atoms with Gasteiger partial charge in [-0.25, -0.2) is 4.79 Å². The van der Waals surface area contributed by atoms with E-state index in [2.05, 4.69) is 18.2 Å². The maximum atomic E-state index is 12.5. The summed E-state index contributed by atoms with van der Waals surface area (Å²) in [7, 11) is 1.68. The molecular formula is C22H24ClNO3. The van der Waals surface area contributed by atoms with Gasteiger partial charge in [-0.3, -0.25) is 0 Å². The Morgan fingerprint density at radius 2 is 1.81 bits per heavy atom. The van der Waals surface area contributed by atoms with E-state index in [0.717, 1.165) is 17.2 Å². The van der Waals surface area contributed by atoms with Crippen molar-refractivity contribution in [2.24, 2.45) is 0 Å². The van der Waals surface area contributed by atoms with Gasteiger partial charge in [0.05, 0.1) is 7.11 Å². The molecule has 0 N–H and O–H groups in total. The molecule has 1 amide bonds. The highest BCUT2D eigenvalue weighted by Crippen LogP contribution is 2.49. The lowest BCUT2D eigenvalue weighted by Gasteiger charge is -2.53. The van der Waals surface area contributed by atoms with Crippen molar-refractivity contribution in [1.29, 1.82) is 0 Å². The largest absolute Gasteiger partial charge is 0.497 e. The fourth-order valence-electron chi connectivity index (χ4n) is 4.18. The van der Waals surface area contributed by atoms with Gasteiger partial charge in [-0.2, -0.15) is 0 Å². The van der Waals surface area contributed by atoms with Crippen LogP contribution < -0.4 is 4.74 Å². The number of nitrogens with zero attached hydrogens (tertiary/aromatic N) is 1. The molecule has 2 aromatic carbocycles. The molecule has 1 spiro atoms. The van der Waals surface area contributed by atoms with Gasteiger partial charge in [0.15, 0.2) is 0 Å². The number of hydrogen-bond acceptors (Lipinski definition) is 3. The Balaban J connectivity index is 1.70. The second kappa shape index (κ2) is 6.16. The van der Waals surface area contributed by atoms with Gasteiger partial charge in [0.1, 0.15) is 11.4 Å². The molecule has 0 atom stereocenters. The molecular weight excluding hydrogens is 362 g/mol. The number of hydrogen-bond donors (Lipinski definition) is 0. The van der Waals surface area contributed by atoms with E-state index in [1.807, 2.05) is 39.0 Å². The van der Waals surface area contributed by atoms with E-state index in [0.29, 0.717) is 13.1 Å². The molecule has 0 saturated carbocycles. The first-order valence-corrected chi connectivity index (χ1v) is 9.54. The van der Waals surface area contributed by atoms with Gasteiger partial charge in [-0.05, 0) is 73.7 Å². The van der Waals surface area contributed by atoms with Crippen LogP contribution >= 0.6 is 11.6 Å². The van der Waals surface area contributed by atoms with E-state index < -0.39 is 5.60 Å². The summed E-state index contributed by atoms with van der Waals surface area (Å²) in [5.41, 5.74) is 4.24. The average Bonchev–Trinajstić information content (AvgIpc) is 2.56. The summed E-state index contributed by atoms with van der Waals surface area (Å²) in [6, 6.07) is 12.3. The highest BCUT2D eigenvalue weighted by Gasteiger charge is 2.50. The van der Waals surface area contributed by atoms with Crippen LogP contribution in [0.4, 0.5) is 4.79 Å². The molecule has 5 heteroatoms. The summed E-state index contributed by atoms with van der Waals surface area (Å²) in [5, 5.41) is 0.740. The highest BCUT2D eigenvalue weighted by molar-refractivity contribution is 6.30. The Morgan fingerprint density at radius 3 is 2.48 bits per heavy atom. The van der Waals surface area contributed by atoms with Crippen LogP contribution in [-0.4, -0.2) is 36.8 Å². The van der Waals surface area contributed by atoms with Gasteiger partial charge >= 0.3 is 6.09 Å². The van der Waals surface area contributed by atoms with Gasteiger partial charge in [-0.15, -0.1) is 0 Å². The van der Waals surface area contributed by atoms with Gasteiger partial charge in [0.2, 0.25) is 0 Å². The number of rotatable bonds is 1. The molecule has 0 radical (unpaired) electrons. The Bertz CT molecular complexity index is 910. The molecule has 1 aliphatic carbocycles. The van der Waals surface area contributed by atoms with Crippen LogP contribution in [0, 0.1) is 0 Å². The third-order valence-corrected chi connectivity index (χ3v) is 5.56. The van der Waals surface area contributed by atoms with Gasteiger partial charge in [0, 0.05) is 23.5 Å². The Kier molecular flexibility index (Phi) is 4.15. The summed E-state index contributed by atoms with van der Waals surface area (Å²) in [6.07, 6.45) is 0.594. The summed E-state index contributed by atoms with van der Waals surface area (Å²) >= 11 is 6.25. The SMILES string of the molecule is COc1ccc2c(c1)C1(Cc3cc(Cl)ccc3-2)CN(C(=O)OC(C)(C)C)C1. The van der Waals surface area contributed by atoms with Gasteiger partial charge in [-0.1, -0.05) is 23.7 Å². The lowest BCUT2D eigenvalue weighted by atomic mass is 9.63. The normalized spacial score (nSPS) is 17.0. The smallest absolute Gasteiger partial charge is 0.410 e. The number of benzene rings is 2. The molecule has 1 heterocycles. The lowest BCUT2D eigenvalue weighted by molar-refractivity contribution is -0.0102. The number of methoxy groups -OCH3 is 1. The molecule has 0 aromatic heterocycles. The van der Waals surface area contributed by atoms with E-state index in [9.17, 15) is 4.79 Å². The Morgan fingerprint density at radius 1 is 1.11 bits per heavy atom. The van der Waals surface area contributed by atoms with Crippen molar-refractivity contribution in [2.45, 2.75) is 38.2 Å². The zero-order chi connectivity index (χ0) is 19.4. The van der Waals surface area contributed by atoms with Gasteiger partial charge in [0.25, 0.3) is 0 Å². The van der Waals surface area contributed by atoms with Crippen molar-refractivity contribution in [1.82, 2.24) is 4.90 Å². The van der Waals surface area contributed by atoms with Crippen LogP contribution in [0.3, 0.4) is 0 Å². The molecule has 1 aliphatic heterocycles. The number of carbonyl (C=O) groups excluding carboxylic acids is 1. The third kappa shape index (κ3) is 3.16. The van der Waals surface area contributed by atoms with Crippen LogP contribution in [0.1, 0.15) is 31.9 Å². The van der Waals surface area contributed by atoms with E-state index in [4.69, 9.17) is 21.1 Å². The van der Waals surface area contributed by atoms with Crippen LogP contribution in [0.5, 0.6) is 5.75 Å². The fraction of sp³-hybridized carbons (Fsp3) is 0.409. The summed E-state index contributed by atoms with van der Waals surface area (Å²) in [4.78, 5) is 14.2. The summed E-state index contributed by atoms with van der Waals surface area (Å²) < 4.78 is 11.0. The molecule has 2 aromatic rings. The fourth-order valence-corrected chi connectivity index (χ4v) is 4.37. The zero-order valence-corrected chi connectivity index (χ0v) is 16.9. The van der Waals surface area contributed by atoms with E-state index in [1.165, 1.54) is 22.3 Å². The first kappa shape index (κ1) is 18.2. The van der Waals surface area contributed by atoms with Gasteiger partial charge < -0.3 is 14.4 Å². The maximum Gasteiger partial charge on any atom is 0.410 e. The molecule has 27 heavy (non-hydrogen) atoms. The number of ether oxygens (including phenoxy) is 2. The van der Waals surface area contributed by atoms with Crippen molar-refractivity contribution in [3.8, 4) is 16.9 Å².